The van der Waals surface area contributed by atoms with Gasteiger partial charge in [-0.25, -0.2) is 4.57 Å². The standard InChI is InChI=1S/C18H22ClO6PS2/c1-4-12-27-26(20,23-5-2)24-16-7-9-17(10-8-16)28(21,22)25-18-11-6-15(19)13-14(18)3/h6-11,13H,4-5,12H2,1-3H3. The molecule has 2 aromatic carbocycles. The van der Waals surface area contributed by atoms with Gasteiger partial charge in [-0.15, -0.1) is 0 Å². The molecule has 0 radical (unpaired) electrons. The van der Waals surface area contributed by atoms with Crippen LogP contribution in [0.15, 0.2) is 47.4 Å². The number of halogens is 1. The largest absolute Gasteiger partial charge is 0.440 e. The molecule has 0 bridgehead atoms. The van der Waals surface area contributed by atoms with Gasteiger partial charge >= 0.3 is 16.9 Å². The summed E-state index contributed by atoms with van der Waals surface area (Å²) in [5, 5.41) is 0.489. The normalized spacial score (nSPS) is 13.7. The van der Waals surface area contributed by atoms with Crippen LogP contribution < -0.4 is 8.71 Å². The maximum absolute atomic E-state index is 12.7. The molecule has 1 atom stereocenters. The third kappa shape index (κ3) is 6.42. The van der Waals surface area contributed by atoms with Crippen molar-refractivity contribution in [2.75, 3.05) is 12.4 Å². The lowest BCUT2D eigenvalue weighted by Gasteiger charge is -2.17. The molecule has 10 heteroatoms. The highest BCUT2D eigenvalue weighted by Crippen LogP contribution is 2.60. The van der Waals surface area contributed by atoms with E-state index in [1.54, 1.807) is 26.0 Å². The molecule has 0 spiro atoms. The summed E-state index contributed by atoms with van der Waals surface area (Å²) in [7, 11) is -4.04. The van der Waals surface area contributed by atoms with Crippen LogP contribution in [-0.4, -0.2) is 20.8 Å². The van der Waals surface area contributed by atoms with E-state index in [4.69, 9.17) is 24.8 Å². The molecule has 154 valence electrons. The van der Waals surface area contributed by atoms with Gasteiger partial charge in [-0.1, -0.05) is 18.5 Å². The third-order valence-electron chi connectivity index (χ3n) is 3.41. The number of rotatable bonds is 10. The Morgan fingerprint density at radius 1 is 1.11 bits per heavy atom. The fourth-order valence-corrected chi connectivity index (χ4v) is 6.79. The summed E-state index contributed by atoms with van der Waals surface area (Å²) < 4.78 is 53.7. The highest BCUT2D eigenvalue weighted by Gasteiger charge is 2.27. The van der Waals surface area contributed by atoms with Crippen LogP contribution in [-0.2, 0) is 19.2 Å². The van der Waals surface area contributed by atoms with Crippen molar-refractivity contribution in [3.05, 3.63) is 53.1 Å². The first-order chi connectivity index (χ1) is 13.2. The van der Waals surface area contributed by atoms with Crippen LogP contribution in [0.25, 0.3) is 0 Å². The molecule has 0 aliphatic carbocycles. The molecule has 0 amide bonds. The van der Waals surface area contributed by atoms with Crippen LogP contribution >= 0.6 is 29.8 Å². The SMILES string of the molecule is CCCSP(=O)(OCC)Oc1ccc(S(=O)(=O)Oc2ccc(Cl)cc2C)cc1. The Labute approximate surface area is 174 Å². The van der Waals surface area contributed by atoms with E-state index in [0.29, 0.717) is 16.3 Å². The van der Waals surface area contributed by atoms with Gasteiger partial charge in [-0.05, 0) is 79.7 Å². The van der Waals surface area contributed by atoms with Gasteiger partial charge in [0, 0.05) is 10.8 Å². The predicted molar refractivity (Wildman–Crippen MR) is 113 cm³/mol. The van der Waals surface area contributed by atoms with Crippen LogP contribution in [0.2, 0.25) is 5.02 Å². The molecule has 28 heavy (non-hydrogen) atoms. The van der Waals surface area contributed by atoms with Crippen molar-refractivity contribution in [2.45, 2.75) is 32.1 Å². The van der Waals surface area contributed by atoms with Gasteiger partial charge < -0.3 is 8.71 Å². The Bertz CT molecular complexity index is 947. The van der Waals surface area contributed by atoms with Gasteiger partial charge in [-0.2, -0.15) is 8.42 Å². The van der Waals surface area contributed by atoms with Gasteiger partial charge in [0.15, 0.2) is 0 Å². The van der Waals surface area contributed by atoms with Crippen molar-refractivity contribution in [3.63, 3.8) is 0 Å². The first-order valence-corrected chi connectivity index (χ1v) is 13.5. The average Bonchev–Trinajstić information content (AvgIpc) is 2.63. The monoisotopic (exact) mass is 464 g/mol. The molecule has 0 fully saturated rings. The number of hydrogen-bond donors (Lipinski definition) is 0. The molecule has 0 saturated carbocycles. The Morgan fingerprint density at radius 2 is 1.79 bits per heavy atom. The van der Waals surface area contributed by atoms with Gasteiger partial charge in [0.05, 0.1) is 6.61 Å². The molecule has 6 nitrogen and oxygen atoms in total. The van der Waals surface area contributed by atoms with Crippen LogP contribution in [0, 0.1) is 6.92 Å². The third-order valence-corrected chi connectivity index (χ3v) is 8.84. The summed E-state index contributed by atoms with van der Waals surface area (Å²) in [5.41, 5.74) is 0.599. The van der Waals surface area contributed by atoms with Gasteiger partial charge in [0.1, 0.15) is 16.4 Å². The van der Waals surface area contributed by atoms with Crippen molar-refractivity contribution < 1.29 is 26.2 Å². The maximum atomic E-state index is 12.7. The predicted octanol–water partition coefficient (Wildman–Crippen LogP) is 6.08. The minimum Gasteiger partial charge on any atom is -0.417 e. The van der Waals surface area contributed by atoms with Crippen LogP contribution in [0.4, 0.5) is 0 Å². The van der Waals surface area contributed by atoms with Crippen molar-refractivity contribution in [3.8, 4) is 11.5 Å². The van der Waals surface area contributed by atoms with E-state index in [-0.39, 0.29) is 23.0 Å². The van der Waals surface area contributed by atoms with E-state index >= 15 is 0 Å². The molecule has 2 aromatic rings. The Kier molecular flexibility index (Phi) is 8.28. The molecule has 0 N–H and O–H groups in total. The van der Waals surface area contributed by atoms with E-state index in [1.807, 2.05) is 6.92 Å². The maximum Gasteiger partial charge on any atom is 0.440 e. The fraction of sp³-hybridized carbons (Fsp3) is 0.333. The molecule has 2 rings (SSSR count). The smallest absolute Gasteiger partial charge is 0.417 e. The highest BCUT2D eigenvalue weighted by molar-refractivity contribution is 8.55. The minimum absolute atomic E-state index is 0.0540. The molecule has 0 aliphatic heterocycles. The number of aryl methyl sites for hydroxylation is 1. The molecular formula is C18H22ClO6PS2. The topological polar surface area (TPSA) is 78.9 Å². The Hall–Kier alpha value is -1.18. The van der Waals surface area contributed by atoms with Gasteiger partial charge in [0.25, 0.3) is 0 Å². The quantitative estimate of drug-likeness (QED) is 0.311. The second kappa shape index (κ2) is 10.0. The van der Waals surface area contributed by atoms with Crippen molar-refractivity contribution >= 4 is 39.9 Å². The Balaban J connectivity index is 2.17. The highest BCUT2D eigenvalue weighted by atomic mass is 35.5. The second-order valence-electron chi connectivity index (χ2n) is 5.71. The summed E-state index contributed by atoms with van der Waals surface area (Å²) >= 11 is 6.99. The zero-order valence-electron chi connectivity index (χ0n) is 15.8. The number of hydrogen-bond acceptors (Lipinski definition) is 7. The lowest BCUT2D eigenvalue weighted by Crippen LogP contribution is -2.10. The Morgan fingerprint density at radius 3 is 2.36 bits per heavy atom. The van der Waals surface area contributed by atoms with E-state index in [1.165, 1.54) is 30.3 Å². The van der Waals surface area contributed by atoms with Crippen LogP contribution in [0.3, 0.4) is 0 Å². The molecule has 0 aromatic heterocycles. The van der Waals surface area contributed by atoms with Crippen LogP contribution in [0.5, 0.6) is 11.5 Å². The lowest BCUT2D eigenvalue weighted by atomic mass is 10.2. The minimum atomic E-state index is -4.04. The molecule has 0 aliphatic rings. The fourth-order valence-electron chi connectivity index (χ4n) is 2.12. The van der Waals surface area contributed by atoms with E-state index in [2.05, 4.69) is 0 Å². The molecule has 0 saturated heterocycles. The van der Waals surface area contributed by atoms with Gasteiger partial charge in [0.2, 0.25) is 0 Å². The number of benzene rings is 2. The molecular weight excluding hydrogens is 443 g/mol. The molecule has 0 heterocycles. The second-order valence-corrected chi connectivity index (χ2v) is 11.8. The summed E-state index contributed by atoms with van der Waals surface area (Å²) in [6, 6.07) is 10.2. The van der Waals surface area contributed by atoms with Crippen molar-refractivity contribution in [1.82, 2.24) is 0 Å². The summed E-state index contributed by atoms with van der Waals surface area (Å²) in [4.78, 5) is -0.0540. The van der Waals surface area contributed by atoms with E-state index < -0.39 is 16.9 Å². The summed E-state index contributed by atoms with van der Waals surface area (Å²) in [5.74, 6) is 1.07. The van der Waals surface area contributed by atoms with E-state index in [9.17, 15) is 13.0 Å². The zero-order valence-corrected chi connectivity index (χ0v) is 19.0. The van der Waals surface area contributed by atoms with Gasteiger partial charge in [-0.3, -0.25) is 4.52 Å². The van der Waals surface area contributed by atoms with Crippen LogP contribution in [0.1, 0.15) is 25.8 Å². The first kappa shape index (κ1) is 23.1. The lowest BCUT2D eigenvalue weighted by molar-refractivity contribution is 0.296. The zero-order chi connectivity index (χ0) is 20.8. The summed E-state index contributed by atoms with van der Waals surface area (Å²) in [6.07, 6.45) is 0.823. The van der Waals surface area contributed by atoms with Crippen molar-refractivity contribution in [1.29, 1.82) is 0 Å². The summed E-state index contributed by atoms with van der Waals surface area (Å²) in [6.45, 7) is 2.28. The average molecular weight is 465 g/mol. The van der Waals surface area contributed by atoms with Crippen molar-refractivity contribution in [2.24, 2.45) is 0 Å². The molecule has 1 unspecified atom stereocenters. The van der Waals surface area contributed by atoms with E-state index in [0.717, 1.165) is 17.8 Å². The first-order valence-electron chi connectivity index (χ1n) is 8.58.